The van der Waals surface area contributed by atoms with E-state index in [9.17, 15) is 0 Å². The highest BCUT2D eigenvalue weighted by Crippen LogP contribution is 2.12. The van der Waals surface area contributed by atoms with Crippen molar-refractivity contribution in [1.29, 1.82) is 0 Å². The molecule has 2 N–H and O–H groups in total. The Morgan fingerprint density at radius 3 is 2.60 bits per heavy atom. The average molecular weight is 210 g/mol. The first-order valence-corrected chi connectivity index (χ1v) is 5.47. The molecule has 0 saturated carbocycles. The maximum absolute atomic E-state index is 5.84. The van der Waals surface area contributed by atoms with Crippen molar-refractivity contribution in [2.24, 2.45) is 11.7 Å². The van der Waals surface area contributed by atoms with E-state index in [1.165, 1.54) is 5.56 Å². The van der Waals surface area contributed by atoms with E-state index in [4.69, 9.17) is 10.2 Å². The van der Waals surface area contributed by atoms with Crippen molar-refractivity contribution in [3.63, 3.8) is 0 Å². The third-order valence-corrected chi connectivity index (χ3v) is 2.90. The summed E-state index contributed by atoms with van der Waals surface area (Å²) in [7, 11) is 2.12. The molecule has 0 aliphatic heterocycles. The maximum atomic E-state index is 5.84. The summed E-state index contributed by atoms with van der Waals surface area (Å²) in [5.41, 5.74) is 7.10. The van der Waals surface area contributed by atoms with Crippen LogP contribution in [0.25, 0.3) is 0 Å². The molecule has 0 saturated heterocycles. The zero-order chi connectivity index (χ0) is 11.4. The van der Waals surface area contributed by atoms with Crippen molar-refractivity contribution >= 4 is 0 Å². The highest BCUT2D eigenvalue weighted by atomic mass is 16.3. The predicted octanol–water partition coefficient (Wildman–Crippen LogP) is 2.00. The van der Waals surface area contributed by atoms with Gasteiger partial charge in [-0.2, -0.15) is 0 Å². The summed E-state index contributed by atoms with van der Waals surface area (Å²) in [5, 5.41) is 0. The fourth-order valence-electron chi connectivity index (χ4n) is 1.59. The minimum Gasteiger partial charge on any atom is -0.469 e. The number of rotatable bonds is 5. The van der Waals surface area contributed by atoms with E-state index >= 15 is 0 Å². The number of hydrogen-bond donors (Lipinski definition) is 1. The van der Waals surface area contributed by atoms with Gasteiger partial charge in [-0.3, -0.25) is 0 Å². The summed E-state index contributed by atoms with van der Waals surface area (Å²) in [6.07, 6.45) is 1.74. The predicted molar refractivity (Wildman–Crippen MR) is 62.6 cm³/mol. The largest absolute Gasteiger partial charge is 0.469 e. The molecule has 3 nitrogen and oxygen atoms in total. The molecule has 3 heteroatoms. The quantitative estimate of drug-likeness (QED) is 0.808. The van der Waals surface area contributed by atoms with Gasteiger partial charge in [0.1, 0.15) is 5.76 Å². The summed E-state index contributed by atoms with van der Waals surface area (Å²) in [5.74, 6) is 1.53. The SMILES string of the molecule is Cc1occc1CN(C)CC(C)C(C)N. The lowest BCUT2D eigenvalue weighted by Gasteiger charge is -2.23. The van der Waals surface area contributed by atoms with Gasteiger partial charge in [0.25, 0.3) is 0 Å². The second-order valence-electron chi connectivity index (χ2n) is 4.54. The van der Waals surface area contributed by atoms with E-state index in [0.29, 0.717) is 5.92 Å². The molecule has 1 aromatic rings. The summed E-state index contributed by atoms with van der Waals surface area (Å²) >= 11 is 0. The molecule has 2 unspecified atom stereocenters. The highest BCUT2D eigenvalue weighted by Gasteiger charge is 2.12. The average Bonchev–Trinajstić information content (AvgIpc) is 2.51. The van der Waals surface area contributed by atoms with Crippen LogP contribution < -0.4 is 5.73 Å². The summed E-state index contributed by atoms with van der Waals surface area (Å²) in [4.78, 5) is 2.28. The van der Waals surface area contributed by atoms with Crippen LogP contribution >= 0.6 is 0 Å². The van der Waals surface area contributed by atoms with Crippen LogP contribution in [0, 0.1) is 12.8 Å². The first-order chi connectivity index (χ1) is 7.00. The molecule has 0 aliphatic rings. The highest BCUT2D eigenvalue weighted by molar-refractivity contribution is 5.14. The van der Waals surface area contributed by atoms with Gasteiger partial charge in [0.05, 0.1) is 6.26 Å². The molecule has 0 bridgehead atoms. The normalized spacial score (nSPS) is 15.6. The van der Waals surface area contributed by atoms with Crippen LogP contribution in [0.4, 0.5) is 0 Å². The molecule has 0 aliphatic carbocycles. The molecule has 1 rings (SSSR count). The molecular formula is C12H22N2O. The Labute approximate surface area is 92.2 Å². The second-order valence-corrected chi connectivity index (χ2v) is 4.54. The number of furan rings is 1. The Kier molecular flexibility index (Phi) is 4.36. The molecule has 0 spiro atoms. The Balaban J connectivity index is 2.43. The van der Waals surface area contributed by atoms with Gasteiger partial charge in [-0.25, -0.2) is 0 Å². The van der Waals surface area contributed by atoms with E-state index in [-0.39, 0.29) is 6.04 Å². The van der Waals surface area contributed by atoms with Gasteiger partial charge in [0.15, 0.2) is 0 Å². The lowest BCUT2D eigenvalue weighted by molar-refractivity contribution is 0.260. The van der Waals surface area contributed by atoms with E-state index < -0.39 is 0 Å². The molecule has 1 heterocycles. The van der Waals surface area contributed by atoms with Gasteiger partial charge in [-0.05, 0) is 32.9 Å². The molecule has 0 aromatic carbocycles. The first-order valence-electron chi connectivity index (χ1n) is 5.47. The minimum absolute atomic E-state index is 0.248. The van der Waals surface area contributed by atoms with Crippen LogP contribution in [0.5, 0.6) is 0 Å². The zero-order valence-corrected chi connectivity index (χ0v) is 10.2. The molecule has 15 heavy (non-hydrogen) atoms. The number of aryl methyl sites for hydroxylation is 1. The summed E-state index contributed by atoms with van der Waals surface area (Å²) < 4.78 is 5.27. The molecule has 0 amide bonds. The monoisotopic (exact) mass is 210 g/mol. The van der Waals surface area contributed by atoms with Crippen LogP contribution in [0.15, 0.2) is 16.7 Å². The van der Waals surface area contributed by atoms with E-state index in [2.05, 4.69) is 25.8 Å². The number of nitrogens with two attached hydrogens (primary N) is 1. The van der Waals surface area contributed by atoms with Crippen molar-refractivity contribution in [2.45, 2.75) is 33.4 Å². The first kappa shape index (κ1) is 12.3. The third-order valence-electron chi connectivity index (χ3n) is 2.90. The van der Waals surface area contributed by atoms with Crippen molar-refractivity contribution < 1.29 is 4.42 Å². The molecule has 0 radical (unpaired) electrons. The maximum Gasteiger partial charge on any atom is 0.105 e. The zero-order valence-electron chi connectivity index (χ0n) is 10.2. The van der Waals surface area contributed by atoms with Gasteiger partial charge in [0, 0.05) is 24.7 Å². The lowest BCUT2D eigenvalue weighted by Crippen LogP contribution is -2.34. The van der Waals surface area contributed by atoms with Crippen molar-refractivity contribution in [3.05, 3.63) is 23.7 Å². The second kappa shape index (κ2) is 5.33. The van der Waals surface area contributed by atoms with Crippen LogP contribution in [0.1, 0.15) is 25.2 Å². The molecule has 86 valence electrons. The van der Waals surface area contributed by atoms with Gasteiger partial charge >= 0.3 is 0 Å². The minimum atomic E-state index is 0.248. The molecule has 0 fully saturated rings. The summed E-state index contributed by atoms with van der Waals surface area (Å²) in [6.45, 7) is 8.19. The van der Waals surface area contributed by atoms with E-state index in [0.717, 1.165) is 18.8 Å². The number of nitrogens with zero attached hydrogens (tertiary/aromatic N) is 1. The Morgan fingerprint density at radius 2 is 2.13 bits per heavy atom. The van der Waals surface area contributed by atoms with Crippen LogP contribution in [-0.2, 0) is 6.54 Å². The Morgan fingerprint density at radius 1 is 1.47 bits per heavy atom. The molecule has 2 atom stereocenters. The van der Waals surface area contributed by atoms with Crippen molar-refractivity contribution in [1.82, 2.24) is 4.90 Å². The Bertz CT molecular complexity index is 294. The van der Waals surface area contributed by atoms with Crippen molar-refractivity contribution in [3.8, 4) is 0 Å². The number of hydrogen-bond acceptors (Lipinski definition) is 3. The van der Waals surface area contributed by atoms with Gasteiger partial charge in [-0.15, -0.1) is 0 Å². The smallest absolute Gasteiger partial charge is 0.105 e. The molecule has 1 aromatic heterocycles. The van der Waals surface area contributed by atoms with Crippen molar-refractivity contribution in [2.75, 3.05) is 13.6 Å². The van der Waals surface area contributed by atoms with E-state index in [1.807, 2.05) is 13.0 Å². The van der Waals surface area contributed by atoms with Gasteiger partial charge in [-0.1, -0.05) is 6.92 Å². The topological polar surface area (TPSA) is 42.4 Å². The van der Waals surface area contributed by atoms with Crippen LogP contribution in [-0.4, -0.2) is 24.5 Å². The fraction of sp³-hybridized carbons (Fsp3) is 0.667. The van der Waals surface area contributed by atoms with E-state index in [1.54, 1.807) is 6.26 Å². The van der Waals surface area contributed by atoms with Gasteiger partial charge < -0.3 is 15.1 Å². The Hall–Kier alpha value is -0.800. The van der Waals surface area contributed by atoms with Gasteiger partial charge in [0.2, 0.25) is 0 Å². The summed E-state index contributed by atoms with van der Waals surface area (Å²) in [6, 6.07) is 2.28. The fourth-order valence-corrected chi connectivity index (χ4v) is 1.59. The standard InChI is InChI=1S/C12H22N2O/c1-9(10(2)13)7-14(4)8-12-5-6-15-11(12)3/h5-6,9-10H,7-8,13H2,1-4H3. The van der Waals surface area contributed by atoms with Crippen LogP contribution in [0.3, 0.4) is 0 Å². The van der Waals surface area contributed by atoms with Crippen LogP contribution in [0.2, 0.25) is 0 Å². The lowest BCUT2D eigenvalue weighted by atomic mass is 10.0. The third kappa shape index (κ3) is 3.68. The molecular weight excluding hydrogens is 188 g/mol.